The zero-order valence-electron chi connectivity index (χ0n) is 12.1. The summed E-state index contributed by atoms with van der Waals surface area (Å²) < 4.78 is 23.3. The molecule has 114 valence electrons. The number of ether oxygens (including phenoxy) is 2. The van der Waals surface area contributed by atoms with E-state index in [1.165, 1.54) is 12.1 Å². The minimum Gasteiger partial charge on any atom is -0.497 e. The minimum absolute atomic E-state index is 0. The number of hydrogen-bond donors (Lipinski definition) is 1. The molecule has 0 aliphatic rings. The quantitative estimate of drug-likeness (QED) is 0.885. The third-order valence-electron chi connectivity index (χ3n) is 3.05. The Kier molecular flexibility index (Phi) is 6.99. The van der Waals surface area contributed by atoms with E-state index in [9.17, 15) is 4.39 Å². The van der Waals surface area contributed by atoms with Gasteiger partial charge in [0.15, 0.2) is 0 Å². The number of hydrogen-bond acceptors (Lipinski definition) is 3. The summed E-state index contributed by atoms with van der Waals surface area (Å²) >= 11 is 0. The van der Waals surface area contributed by atoms with E-state index in [0.717, 1.165) is 22.6 Å². The molecule has 0 bridgehead atoms. The highest BCUT2D eigenvalue weighted by Crippen LogP contribution is 2.24. The van der Waals surface area contributed by atoms with Gasteiger partial charge in [-0.1, -0.05) is 18.2 Å². The molecule has 0 atom stereocenters. The van der Waals surface area contributed by atoms with Crippen LogP contribution in [0.2, 0.25) is 0 Å². The van der Waals surface area contributed by atoms with Crippen molar-refractivity contribution in [2.75, 3.05) is 14.2 Å². The topological polar surface area (TPSA) is 30.5 Å². The molecule has 1 N–H and O–H groups in total. The molecule has 5 heteroatoms. The molecule has 0 aromatic heterocycles. The monoisotopic (exact) mass is 311 g/mol. The van der Waals surface area contributed by atoms with Crippen LogP contribution in [0.1, 0.15) is 11.1 Å². The molecule has 0 aliphatic heterocycles. The number of methoxy groups -OCH3 is 2. The molecular formula is C16H19ClFNO2. The lowest BCUT2D eigenvalue weighted by Gasteiger charge is -2.11. The fraction of sp³-hybridized carbons (Fsp3) is 0.250. The maximum Gasteiger partial charge on any atom is 0.127 e. The lowest BCUT2D eigenvalue weighted by atomic mass is 10.1. The first-order chi connectivity index (χ1) is 9.72. The van der Waals surface area contributed by atoms with Crippen LogP contribution in [0.25, 0.3) is 0 Å². The van der Waals surface area contributed by atoms with Crippen LogP contribution in [-0.2, 0) is 13.1 Å². The van der Waals surface area contributed by atoms with E-state index in [2.05, 4.69) is 5.32 Å². The Hall–Kier alpha value is -1.78. The molecule has 21 heavy (non-hydrogen) atoms. The van der Waals surface area contributed by atoms with Gasteiger partial charge in [0.25, 0.3) is 0 Å². The van der Waals surface area contributed by atoms with Crippen LogP contribution in [-0.4, -0.2) is 14.2 Å². The Bertz CT molecular complexity index is 561. The fourth-order valence-electron chi connectivity index (χ4n) is 1.94. The van der Waals surface area contributed by atoms with Crippen LogP contribution < -0.4 is 14.8 Å². The Balaban J connectivity index is 0.00000220. The summed E-state index contributed by atoms with van der Waals surface area (Å²) in [5, 5.41) is 3.31. The second-order valence-corrected chi connectivity index (χ2v) is 4.41. The Morgan fingerprint density at radius 2 is 1.67 bits per heavy atom. The molecule has 2 aromatic carbocycles. The van der Waals surface area contributed by atoms with Crippen LogP contribution >= 0.6 is 12.4 Å². The highest BCUT2D eigenvalue weighted by atomic mass is 35.5. The maximum atomic E-state index is 12.8. The van der Waals surface area contributed by atoms with E-state index in [1.54, 1.807) is 26.4 Å². The molecule has 0 fully saturated rings. The first-order valence-corrected chi connectivity index (χ1v) is 6.39. The number of nitrogens with one attached hydrogen (secondary N) is 1. The standard InChI is InChI=1S/C16H18FNO2.ClH/c1-19-15-8-5-13(16(9-15)20-2)11-18-10-12-3-6-14(17)7-4-12;/h3-9,18H,10-11H2,1-2H3;1H. The summed E-state index contributed by atoms with van der Waals surface area (Å²) in [7, 11) is 3.26. The van der Waals surface area contributed by atoms with Crippen molar-refractivity contribution < 1.29 is 13.9 Å². The summed E-state index contributed by atoms with van der Waals surface area (Å²) in [6, 6.07) is 12.2. The predicted octanol–water partition coefficient (Wildman–Crippen LogP) is 3.55. The van der Waals surface area contributed by atoms with Gasteiger partial charge in [-0.15, -0.1) is 12.4 Å². The zero-order chi connectivity index (χ0) is 14.4. The first kappa shape index (κ1) is 17.3. The van der Waals surface area contributed by atoms with E-state index < -0.39 is 0 Å². The molecule has 0 heterocycles. The fourth-order valence-corrected chi connectivity index (χ4v) is 1.94. The van der Waals surface area contributed by atoms with Crippen LogP contribution in [0.4, 0.5) is 4.39 Å². The van der Waals surface area contributed by atoms with Crippen molar-refractivity contribution in [1.82, 2.24) is 5.32 Å². The number of rotatable bonds is 6. The van der Waals surface area contributed by atoms with Crippen molar-refractivity contribution in [3.8, 4) is 11.5 Å². The molecule has 0 aliphatic carbocycles. The van der Waals surface area contributed by atoms with E-state index in [1.807, 2.05) is 18.2 Å². The number of benzene rings is 2. The second-order valence-electron chi connectivity index (χ2n) is 4.41. The summed E-state index contributed by atoms with van der Waals surface area (Å²) in [4.78, 5) is 0. The van der Waals surface area contributed by atoms with Crippen molar-refractivity contribution >= 4 is 12.4 Å². The van der Waals surface area contributed by atoms with Crippen molar-refractivity contribution in [3.63, 3.8) is 0 Å². The summed E-state index contributed by atoms with van der Waals surface area (Å²) in [5.74, 6) is 1.34. The van der Waals surface area contributed by atoms with Gasteiger partial charge < -0.3 is 14.8 Å². The van der Waals surface area contributed by atoms with Gasteiger partial charge in [0, 0.05) is 24.7 Å². The molecule has 0 saturated carbocycles. The van der Waals surface area contributed by atoms with Gasteiger partial charge in [0.05, 0.1) is 14.2 Å². The lowest BCUT2D eigenvalue weighted by molar-refractivity contribution is 0.390. The van der Waals surface area contributed by atoms with E-state index >= 15 is 0 Å². The average molecular weight is 312 g/mol. The third kappa shape index (κ3) is 4.92. The largest absolute Gasteiger partial charge is 0.497 e. The molecule has 0 amide bonds. The van der Waals surface area contributed by atoms with E-state index in [0.29, 0.717) is 13.1 Å². The Labute approximate surface area is 130 Å². The highest BCUT2D eigenvalue weighted by Gasteiger charge is 2.04. The molecule has 2 aromatic rings. The molecule has 0 saturated heterocycles. The van der Waals surface area contributed by atoms with E-state index in [-0.39, 0.29) is 18.2 Å². The van der Waals surface area contributed by atoms with Crippen LogP contribution in [0.3, 0.4) is 0 Å². The van der Waals surface area contributed by atoms with E-state index in [4.69, 9.17) is 9.47 Å². The second kappa shape index (κ2) is 8.49. The number of halogens is 2. The highest BCUT2D eigenvalue weighted by molar-refractivity contribution is 5.85. The van der Waals surface area contributed by atoms with Gasteiger partial charge in [0.2, 0.25) is 0 Å². The van der Waals surface area contributed by atoms with Crippen LogP contribution in [0.5, 0.6) is 11.5 Å². The molecular weight excluding hydrogens is 293 g/mol. The normalized spacial score (nSPS) is 9.86. The lowest BCUT2D eigenvalue weighted by Crippen LogP contribution is -2.13. The summed E-state index contributed by atoms with van der Waals surface area (Å²) in [6.45, 7) is 1.35. The van der Waals surface area contributed by atoms with Crippen molar-refractivity contribution in [1.29, 1.82) is 0 Å². The predicted molar refractivity (Wildman–Crippen MR) is 83.7 cm³/mol. The van der Waals surface area contributed by atoms with Gasteiger partial charge in [-0.2, -0.15) is 0 Å². The Morgan fingerprint density at radius 3 is 2.29 bits per heavy atom. The maximum absolute atomic E-state index is 12.8. The van der Waals surface area contributed by atoms with Crippen LogP contribution in [0.15, 0.2) is 42.5 Å². The smallest absolute Gasteiger partial charge is 0.127 e. The molecule has 2 rings (SSSR count). The van der Waals surface area contributed by atoms with Gasteiger partial charge in [0.1, 0.15) is 17.3 Å². The van der Waals surface area contributed by atoms with Gasteiger partial charge in [-0.25, -0.2) is 4.39 Å². The molecule has 0 unspecified atom stereocenters. The van der Waals surface area contributed by atoms with Gasteiger partial charge in [-0.3, -0.25) is 0 Å². The Morgan fingerprint density at radius 1 is 0.952 bits per heavy atom. The molecule has 0 spiro atoms. The molecule has 3 nitrogen and oxygen atoms in total. The summed E-state index contributed by atoms with van der Waals surface area (Å²) in [5.41, 5.74) is 2.09. The SMILES string of the molecule is COc1ccc(CNCc2ccc(F)cc2)c(OC)c1.Cl. The average Bonchev–Trinajstić information content (AvgIpc) is 2.49. The van der Waals surface area contributed by atoms with Gasteiger partial charge >= 0.3 is 0 Å². The van der Waals surface area contributed by atoms with Gasteiger partial charge in [-0.05, 0) is 23.8 Å². The van der Waals surface area contributed by atoms with Crippen molar-refractivity contribution in [3.05, 3.63) is 59.4 Å². The molecule has 0 radical (unpaired) electrons. The zero-order valence-corrected chi connectivity index (χ0v) is 12.9. The summed E-state index contributed by atoms with van der Waals surface area (Å²) in [6.07, 6.45) is 0. The van der Waals surface area contributed by atoms with Crippen molar-refractivity contribution in [2.24, 2.45) is 0 Å². The first-order valence-electron chi connectivity index (χ1n) is 6.39. The van der Waals surface area contributed by atoms with Crippen molar-refractivity contribution in [2.45, 2.75) is 13.1 Å². The minimum atomic E-state index is -0.217. The third-order valence-corrected chi connectivity index (χ3v) is 3.05. The van der Waals surface area contributed by atoms with Crippen LogP contribution in [0, 0.1) is 5.82 Å².